The van der Waals surface area contributed by atoms with E-state index in [2.05, 4.69) is 9.97 Å². The van der Waals surface area contributed by atoms with E-state index in [1.807, 2.05) is 17.0 Å². The lowest BCUT2D eigenvalue weighted by Crippen LogP contribution is -2.35. The van der Waals surface area contributed by atoms with Gasteiger partial charge in [-0.05, 0) is 36.6 Å². The van der Waals surface area contributed by atoms with Crippen molar-refractivity contribution >= 4 is 22.5 Å². The zero-order valence-corrected chi connectivity index (χ0v) is 14.8. The highest BCUT2D eigenvalue weighted by atomic mass is 16.6. The van der Waals surface area contributed by atoms with Crippen LogP contribution in [0.2, 0.25) is 0 Å². The number of H-pyrrole nitrogens is 1. The number of hydrogen-bond donors (Lipinski definition) is 1. The molecule has 0 bridgehead atoms. The first-order valence-corrected chi connectivity index (χ1v) is 9.12. The van der Waals surface area contributed by atoms with Gasteiger partial charge in [-0.25, -0.2) is 0 Å². The van der Waals surface area contributed by atoms with Gasteiger partial charge >= 0.3 is 0 Å². The Balaban J connectivity index is 1.72. The summed E-state index contributed by atoms with van der Waals surface area (Å²) in [7, 11) is 0. The van der Waals surface area contributed by atoms with Crippen LogP contribution in [0.3, 0.4) is 0 Å². The molecule has 27 heavy (non-hydrogen) atoms. The molecular weight excluding hydrogens is 344 g/mol. The summed E-state index contributed by atoms with van der Waals surface area (Å²) < 4.78 is 0. The second-order valence-corrected chi connectivity index (χ2v) is 6.83. The van der Waals surface area contributed by atoms with Crippen LogP contribution in [0.5, 0.6) is 0 Å². The fourth-order valence-electron chi connectivity index (χ4n) is 3.85. The quantitative estimate of drug-likeness (QED) is 0.556. The number of carbonyl (C=O) groups excluding carboxylic acids is 1. The first kappa shape index (κ1) is 17.2. The van der Waals surface area contributed by atoms with E-state index in [1.54, 1.807) is 30.6 Å². The Morgan fingerprint density at radius 1 is 1.19 bits per heavy atom. The number of rotatable bonds is 3. The molecule has 0 radical (unpaired) electrons. The third-order valence-corrected chi connectivity index (χ3v) is 5.17. The van der Waals surface area contributed by atoms with Crippen LogP contribution in [0.25, 0.3) is 10.9 Å². The molecule has 4 rings (SSSR count). The van der Waals surface area contributed by atoms with Crippen molar-refractivity contribution in [2.75, 3.05) is 6.54 Å². The zero-order valence-electron chi connectivity index (χ0n) is 14.8. The third kappa shape index (κ3) is 3.28. The summed E-state index contributed by atoms with van der Waals surface area (Å²) in [6, 6.07) is 10.5. The molecule has 0 spiro atoms. The topological polar surface area (TPSA) is 92.1 Å². The van der Waals surface area contributed by atoms with E-state index in [-0.39, 0.29) is 17.6 Å². The van der Waals surface area contributed by atoms with Gasteiger partial charge in [0, 0.05) is 30.4 Å². The molecule has 7 heteroatoms. The number of nitro groups is 1. The molecule has 1 saturated heterocycles. The number of carbonyl (C=O) groups is 1. The van der Waals surface area contributed by atoms with E-state index in [9.17, 15) is 14.9 Å². The molecule has 0 saturated carbocycles. The van der Waals surface area contributed by atoms with Crippen molar-refractivity contribution in [2.45, 2.75) is 31.7 Å². The van der Waals surface area contributed by atoms with Crippen molar-refractivity contribution in [3.63, 3.8) is 0 Å². The van der Waals surface area contributed by atoms with E-state index < -0.39 is 4.92 Å². The highest BCUT2D eigenvalue weighted by Gasteiger charge is 2.29. The lowest BCUT2D eigenvalue weighted by molar-refractivity contribution is -0.383. The van der Waals surface area contributed by atoms with Crippen LogP contribution in [0.4, 0.5) is 5.69 Å². The maximum Gasteiger partial charge on any atom is 0.293 e. The number of non-ortho nitro benzene ring substituents is 1. The number of nitrogens with zero attached hydrogens (tertiary/aromatic N) is 3. The maximum atomic E-state index is 13.3. The average molecular weight is 364 g/mol. The van der Waals surface area contributed by atoms with E-state index in [4.69, 9.17) is 0 Å². The zero-order chi connectivity index (χ0) is 18.8. The lowest BCUT2D eigenvalue weighted by Gasteiger charge is -2.30. The Labute approximate surface area is 156 Å². The fraction of sp³-hybridized carbons (Fsp3) is 0.300. The molecule has 1 aliphatic heterocycles. The highest BCUT2D eigenvalue weighted by Crippen LogP contribution is 2.32. The van der Waals surface area contributed by atoms with Gasteiger partial charge in [0.05, 0.1) is 11.0 Å². The number of hydrogen-bond acceptors (Lipinski definition) is 4. The van der Waals surface area contributed by atoms with E-state index in [1.165, 1.54) is 6.07 Å². The van der Waals surface area contributed by atoms with Gasteiger partial charge in [0.1, 0.15) is 11.2 Å². The second-order valence-electron chi connectivity index (χ2n) is 6.83. The van der Waals surface area contributed by atoms with Crippen LogP contribution in [0.15, 0.2) is 48.8 Å². The van der Waals surface area contributed by atoms with Gasteiger partial charge in [-0.2, -0.15) is 0 Å². The van der Waals surface area contributed by atoms with Crippen molar-refractivity contribution < 1.29 is 9.72 Å². The lowest BCUT2D eigenvalue weighted by atomic mass is 10.0. The van der Waals surface area contributed by atoms with Crippen LogP contribution in [-0.2, 0) is 0 Å². The second kappa shape index (κ2) is 7.19. The monoisotopic (exact) mass is 364 g/mol. The van der Waals surface area contributed by atoms with Gasteiger partial charge in [-0.3, -0.25) is 19.9 Å². The molecule has 1 N–H and O–H groups in total. The Bertz CT molecular complexity index is 983. The number of amides is 1. The van der Waals surface area contributed by atoms with Crippen molar-refractivity contribution in [1.82, 2.24) is 14.9 Å². The van der Waals surface area contributed by atoms with Crippen molar-refractivity contribution in [3.8, 4) is 0 Å². The number of fused-ring (bicyclic) bond motifs is 1. The molecule has 1 fully saturated rings. The van der Waals surface area contributed by atoms with E-state index in [0.29, 0.717) is 23.1 Å². The highest BCUT2D eigenvalue weighted by molar-refractivity contribution is 6.00. The van der Waals surface area contributed by atoms with Gasteiger partial charge < -0.3 is 9.88 Å². The number of benzene rings is 1. The molecule has 2 aromatic heterocycles. The third-order valence-electron chi connectivity index (χ3n) is 5.17. The Hall–Kier alpha value is -3.22. The first-order valence-electron chi connectivity index (χ1n) is 9.12. The summed E-state index contributed by atoms with van der Waals surface area (Å²) in [6.45, 7) is 0.670. The normalized spacial score (nSPS) is 17.6. The SMILES string of the molecule is O=C(c1cc2cccc([N+](=O)[O-])c2[nH]1)N1CCCCCC1c1ccncc1. The average Bonchev–Trinajstić information content (AvgIpc) is 2.97. The van der Waals surface area contributed by atoms with Crippen LogP contribution in [-0.4, -0.2) is 32.2 Å². The van der Waals surface area contributed by atoms with Gasteiger partial charge in [-0.1, -0.05) is 25.0 Å². The summed E-state index contributed by atoms with van der Waals surface area (Å²) in [4.78, 5) is 33.1. The number of aromatic amines is 1. The minimum absolute atomic E-state index is 0.00982. The summed E-state index contributed by atoms with van der Waals surface area (Å²) in [5.41, 5.74) is 1.83. The fourth-order valence-corrected chi connectivity index (χ4v) is 3.85. The molecule has 3 aromatic rings. The number of nitro benzene ring substituents is 1. The molecule has 1 aromatic carbocycles. The summed E-state index contributed by atoms with van der Waals surface area (Å²) >= 11 is 0. The summed E-state index contributed by atoms with van der Waals surface area (Å²) in [6.07, 6.45) is 7.49. The predicted molar refractivity (Wildman–Crippen MR) is 101 cm³/mol. The summed E-state index contributed by atoms with van der Waals surface area (Å²) in [5.74, 6) is -0.121. The molecule has 0 aliphatic carbocycles. The Morgan fingerprint density at radius 2 is 2.00 bits per heavy atom. The van der Waals surface area contributed by atoms with Crippen LogP contribution < -0.4 is 0 Å². The molecule has 1 aliphatic rings. The smallest absolute Gasteiger partial charge is 0.293 e. The number of aromatic nitrogens is 2. The number of likely N-dealkylation sites (tertiary alicyclic amines) is 1. The van der Waals surface area contributed by atoms with Crippen LogP contribution in [0, 0.1) is 10.1 Å². The molecule has 7 nitrogen and oxygen atoms in total. The van der Waals surface area contributed by atoms with Crippen LogP contribution in [0.1, 0.15) is 47.8 Å². The number of pyridine rings is 1. The van der Waals surface area contributed by atoms with E-state index in [0.717, 1.165) is 31.2 Å². The first-order chi connectivity index (χ1) is 13.1. The molecule has 1 atom stereocenters. The standard InChI is InChI=1S/C20H20N4O3/c25-20(16-13-15-5-4-7-18(24(26)27)19(15)22-16)23-12-3-1-2-6-17(23)14-8-10-21-11-9-14/h4-5,7-11,13,17,22H,1-3,6,12H2. The predicted octanol–water partition coefficient (Wildman–Crippen LogP) is 4.23. The number of nitrogens with one attached hydrogen (secondary N) is 1. The molecule has 3 heterocycles. The largest absolute Gasteiger partial charge is 0.345 e. The summed E-state index contributed by atoms with van der Waals surface area (Å²) in [5, 5.41) is 11.9. The van der Waals surface area contributed by atoms with Gasteiger partial charge in [0.15, 0.2) is 0 Å². The van der Waals surface area contributed by atoms with Gasteiger partial charge in [0.25, 0.3) is 11.6 Å². The minimum atomic E-state index is -0.432. The van der Waals surface area contributed by atoms with Crippen molar-refractivity contribution in [2.24, 2.45) is 0 Å². The van der Waals surface area contributed by atoms with Gasteiger partial charge in [0.2, 0.25) is 0 Å². The van der Waals surface area contributed by atoms with Crippen molar-refractivity contribution in [1.29, 1.82) is 0 Å². The van der Waals surface area contributed by atoms with Crippen LogP contribution >= 0.6 is 0 Å². The molecular formula is C20H20N4O3. The Morgan fingerprint density at radius 3 is 2.78 bits per heavy atom. The van der Waals surface area contributed by atoms with E-state index >= 15 is 0 Å². The molecule has 1 unspecified atom stereocenters. The minimum Gasteiger partial charge on any atom is -0.345 e. The molecule has 138 valence electrons. The molecule has 1 amide bonds. The number of para-hydroxylation sites is 1. The maximum absolute atomic E-state index is 13.3. The Kier molecular flexibility index (Phi) is 4.58. The van der Waals surface area contributed by atoms with Crippen molar-refractivity contribution in [3.05, 3.63) is 70.2 Å². The van der Waals surface area contributed by atoms with Gasteiger partial charge in [-0.15, -0.1) is 0 Å².